The Morgan fingerprint density at radius 3 is 2.77 bits per heavy atom. The van der Waals surface area contributed by atoms with Crippen LogP contribution in [0.2, 0.25) is 0 Å². The van der Waals surface area contributed by atoms with Gasteiger partial charge in [-0.25, -0.2) is 9.97 Å². The SMILES string of the molecule is O=C(c1cnc2c(c1)ncn2Cc1ccccn1)N1CCC(C(O)c2cccs2)CC1. The molecular weight excluding hydrogens is 410 g/mol. The molecule has 1 atom stereocenters. The maximum atomic E-state index is 13.0. The van der Waals surface area contributed by atoms with Crippen molar-refractivity contribution in [1.82, 2.24) is 24.4 Å². The zero-order valence-electron chi connectivity index (χ0n) is 17.0. The van der Waals surface area contributed by atoms with E-state index in [1.54, 1.807) is 30.1 Å². The smallest absolute Gasteiger partial charge is 0.255 e. The first-order valence-corrected chi connectivity index (χ1v) is 11.3. The third kappa shape index (κ3) is 4.08. The molecule has 0 spiro atoms. The third-order valence-electron chi connectivity index (χ3n) is 5.87. The van der Waals surface area contributed by atoms with E-state index in [4.69, 9.17) is 0 Å². The highest BCUT2D eigenvalue weighted by Gasteiger charge is 2.29. The average Bonchev–Trinajstić information content (AvgIpc) is 3.49. The van der Waals surface area contributed by atoms with Crippen molar-refractivity contribution in [2.24, 2.45) is 5.92 Å². The second kappa shape index (κ2) is 8.56. The number of rotatable bonds is 5. The minimum Gasteiger partial charge on any atom is -0.387 e. The molecule has 7 nitrogen and oxygen atoms in total. The Kier molecular flexibility index (Phi) is 5.48. The van der Waals surface area contributed by atoms with Gasteiger partial charge in [0, 0.05) is 30.4 Å². The van der Waals surface area contributed by atoms with Crippen LogP contribution in [0.1, 0.15) is 39.9 Å². The van der Waals surface area contributed by atoms with Gasteiger partial charge in [-0.05, 0) is 48.4 Å². The summed E-state index contributed by atoms with van der Waals surface area (Å²) in [4.78, 5) is 29.2. The minimum absolute atomic E-state index is 0.0299. The van der Waals surface area contributed by atoms with Gasteiger partial charge in [0.1, 0.15) is 5.52 Å². The molecule has 0 aliphatic carbocycles. The highest BCUT2D eigenvalue weighted by Crippen LogP contribution is 2.33. The number of piperidine rings is 1. The molecule has 1 N–H and O–H groups in total. The number of thiophene rings is 1. The maximum Gasteiger partial charge on any atom is 0.255 e. The Morgan fingerprint density at radius 1 is 1.16 bits per heavy atom. The van der Waals surface area contributed by atoms with Crippen molar-refractivity contribution >= 4 is 28.4 Å². The Morgan fingerprint density at radius 2 is 2.03 bits per heavy atom. The molecule has 1 aliphatic rings. The number of hydrogen-bond donors (Lipinski definition) is 1. The molecule has 1 unspecified atom stereocenters. The second-order valence-corrected chi connectivity index (χ2v) is 8.83. The number of aliphatic hydroxyl groups is 1. The largest absolute Gasteiger partial charge is 0.387 e. The second-order valence-electron chi connectivity index (χ2n) is 7.85. The van der Waals surface area contributed by atoms with E-state index in [0.29, 0.717) is 30.7 Å². The summed E-state index contributed by atoms with van der Waals surface area (Å²) in [6.45, 7) is 1.86. The van der Waals surface area contributed by atoms with Crippen LogP contribution in [-0.4, -0.2) is 48.5 Å². The number of aromatic nitrogens is 4. The van der Waals surface area contributed by atoms with Crippen LogP contribution >= 0.6 is 11.3 Å². The summed E-state index contributed by atoms with van der Waals surface area (Å²) in [7, 11) is 0. The van der Waals surface area contributed by atoms with Crippen LogP contribution in [0, 0.1) is 5.92 Å². The molecule has 4 aromatic heterocycles. The zero-order chi connectivity index (χ0) is 21.2. The first-order valence-electron chi connectivity index (χ1n) is 10.4. The van der Waals surface area contributed by atoms with E-state index in [0.717, 1.165) is 29.1 Å². The molecule has 8 heteroatoms. The van der Waals surface area contributed by atoms with Crippen LogP contribution in [0.3, 0.4) is 0 Å². The summed E-state index contributed by atoms with van der Waals surface area (Å²) < 4.78 is 1.93. The van der Waals surface area contributed by atoms with Gasteiger partial charge in [-0.3, -0.25) is 9.78 Å². The molecule has 31 heavy (non-hydrogen) atoms. The molecule has 1 fully saturated rings. The van der Waals surface area contributed by atoms with Crippen LogP contribution in [0.4, 0.5) is 0 Å². The number of nitrogens with zero attached hydrogens (tertiary/aromatic N) is 5. The zero-order valence-corrected chi connectivity index (χ0v) is 17.8. The quantitative estimate of drug-likeness (QED) is 0.521. The lowest BCUT2D eigenvalue weighted by molar-refractivity contribution is 0.0474. The Balaban J connectivity index is 1.26. The molecule has 0 saturated carbocycles. The lowest BCUT2D eigenvalue weighted by atomic mass is 9.90. The van der Waals surface area contributed by atoms with Crippen LogP contribution < -0.4 is 0 Å². The standard InChI is InChI=1S/C23H23N5O2S/c29-21(20-5-3-11-31-20)16-6-9-27(10-7-16)23(30)17-12-19-22(25-13-17)28(15-26-19)14-18-4-1-2-8-24-18/h1-5,8,11-13,15-16,21,29H,6-7,9-10,14H2. The van der Waals surface area contributed by atoms with Crippen LogP contribution in [0.15, 0.2) is 60.5 Å². The van der Waals surface area contributed by atoms with Crippen molar-refractivity contribution < 1.29 is 9.90 Å². The molecular formula is C23H23N5O2S. The highest BCUT2D eigenvalue weighted by atomic mass is 32.1. The van der Waals surface area contributed by atoms with Crippen LogP contribution in [0.25, 0.3) is 11.2 Å². The summed E-state index contributed by atoms with van der Waals surface area (Å²) >= 11 is 1.58. The van der Waals surface area contributed by atoms with Gasteiger partial charge >= 0.3 is 0 Å². The van der Waals surface area contributed by atoms with Crippen molar-refractivity contribution in [3.05, 3.63) is 76.6 Å². The molecule has 0 aromatic carbocycles. The van der Waals surface area contributed by atoms with Gasteiger partial charge in [-0.2, -0.15) is 0 Å². The topological polar surface area (TPSA) is 84.1 Å². The van der Waals surface area contributed by atoms with E-state index in [9.17, 15) is 9.90 Å². The van der Waals surface area contributed by atoms with Crippen molar-refractivity contribution in [3.8, 4) is 0 Å². The number of pyridine rings is 2. The van der Waals surface area contributed by atoms with Crippen molar-refractivity contribution in [2.75, 3.05) is 13.1 Å². The lowest BCUT2D eigenvalue weighted by Crippen LogP contribution is -2.39. The molecule has 0 radical (unpaired) electrons. The maximum absolute atomic E-state index is 13.0. The molecule has 1 amide bonds. The first-order chi connectivity index (χ1) is 15.2. The number of carbonyl (C=O) groups is 1. The van der Waals surface area contributed by atoms with E-state index in [1.165, 1.54) is 0 Å². The summed E-state index contributed by atoms with van der Waals surface area (Å²) in [5.41, 5.74) is 2.91. The normalized spacial score (nSPS) is 16.0. The summed E-state index contributed by atoms with van der Waals surface area (Å²) in [6, 6.07) is 11.5. The van der Waals surface area contributed by atoms with Gasteiger partial charge in [0.2, 0.25) is 0 Å². The van der Waals surface area contributed by atoms with Crippen LogP contribution in [-0.2, 0) is 6.54 Å². The lowest BCUT2D eigenvalue weighted by Gasteiger charge is -2.34. The molecule has 4 aromatic rings. The first kappa shape index (κ1) is 19.8. The minimum atomic E-state index is -0.446. The van der Waals surface area contributed by atoms with Gasteiger partial charge in [0.25, 0.3) is 5.91 Å². The van der Waals surface area contributed by atoms with E-state index < -0.39 is 6.10 Å². The molecule has 1 saturated heterocycles. The number of fused-ring (bicyclic) bond motifs is 1. The fraction of sp³-hybridized carbons (Fsp3) is 0.304. The van der Waals surface area contributed by atoms with Gasteiger partial charge in [0.05, 0.1) is 30.2 Å². The van der Waals surface area contributed by atoms with Crippen molar-refractivity contribution in [1.29, 1.82) is 0 Å². The van der Waals surface area contributed by atoms with Crippen molar-refractivity contribution in [2.45, 2.75) is 25.5 Å². The number of amides is 1. The number of aliphatic hydroxyl groups excluding tert-OH is 1. The van der Waals surface area contributed by atoms with E-state index in [1.807, 2.05) is 51.2 Å². The summed E-state index contributed by atoms with van der Waals surface area (Å²) in [5, 5.41) is 12.6. The highest BCUT2D eigenvalue weighted by molar-refractivity contribution is 7.10. The predicted molar refractivity (Wildman–Crippen MR) is 119 cm³/mol. The van der Waals surface area contributed by atoms with E-state index >= 15 is 0 Å². The fourth-order valence-corrected chi connectivity index (χ4v) is 4.94. The van der Waals surface area contributed by atoms with Crippen molar-refractivity contribution in [3.63, 3.8) is 0 Å². The molecule has 1 aliphatic heterocycles. The predicted octanol–water partition coefficient (Wildman–Crippen LogP) is 3.52. The van der Waals surface area contributed by atoms with E-state index in [-0.39, 0.29) is 11.8 Å². The number of hydrogen-bond acceptors (Lipinski definition) is 6. The Labute approximate surface area is 184 Å². The number of imidazole rings is 1. The number of likely N-dealkylation sites (tertiary alicyclic amines) is 1. The molecule has 5 heterocycles. The number of carbonyl (C=O) groups excluding carboxylic acids is 1. The molecule has 0 bridgehead atoms. The van der Waals surface area contributed by atoms with Gasteiger partial charge < -0.3 is 14.6 Å². The summed E-state index contributed by atoms with van der Waals surface area (Å²) in [5.74, 6) is 0.156. The molecule has 158 valence electrons. The van der Waals surface area contributed by atoms with E-state index in [2.05, 4.69) is 15.0 Å². The summed E-state index contributed by atoms with van der Waals surface area (Å²) in [6.07, 6.45) is 6.27. The van der Waals surface area contributed by atoms with Crippen LogP contribution in [0.5, 0.6) is 0 Å². The van der Waals surface area contributed by atoms with Gasteiger partial charge in [-0.1, -0.05) is 12.1 Å². The molecule has 5 rings (SSSR count). The fourth-order valence-electron chi connectivity index (χ4n) is 4.14. The Bertz CT molecular complexity index is 1170. The Hall–Kier alpha value is -3.10. The van der Waals surface area contributed by atoms with Gasteiger partial charge in [0.15, 0.2) is 5.65 Å². The monoisotopic (exact) mass is 433 g/mol. The third-order valence-corrected chi connectivity index (χ3v) is 6.81. The average molecular weight is 434 g/mol. The van der Waals surface area contributed by atoms with Gasteiger partial charge in [-0.15, -0.1) is 11.3 Å².